The molecule has 0 aromatic carbocycles. The third-order valence-corrected chi connectivity index (χ3v) is 7.11. The highest BCUT2D eigenvalue weighted by atomic mass is 32.1. The first-order chi connectivity index (χ1) is 13.1. The van der Waals surface area contributed by atoms with E-state index >= 15 is 0 Å². The zero-order valence-electron chi connectivity index (χ0n) is 16.7. The summed E-state index contributed by atoms with van der Waals surface area (Å²) in [6, 6.07) is 4.77. The van der Waals surface area contributed by atoms with E-state index in [1.165, 1.54) is 24.1 Å². The molecular formula is C21H33N3O2S. The fourth-order valence-corrected chi connectivity index (χ4v) is 5.41. The minimum Gasteiger partial charge on any atom is -0.354 e. The molecule has 27 heavy (non-hydrogen) atoms. The highest BCUT2D eigenvalue weighted by molar-refractivity contribution is 7.10. The Morgan fingerprint density at radius 2 is 2.04 bits per heavy atom. The Morgan fingerprint density at radius 3 is 2.67 bits per heavy atom. The summed E-state index contributed by atoms with van der Waals surface area (Å²) in [5, 5.41) is 5.24. The van der Waals surface area contributed by atoms with Crippen molar-refractivity contribution in [2.24, 2.45) is 5.92 Å². The lowest BCUT2D eigenvalue weighted by Crippen LogP contribution is -2.41. The molecule has 2 atom stereocenters. The van der Waals surface area contributed by atoms with Gasteiger partial charge < -0.3 is 10.2 Å². The molecule has 0 radical (unpaired) electrons. The van der Waals surface area contributed by atoms with Crippen LogP contribution in [0.25, 0.3) is 0 Å². The molecule has 3 rings (SSSR count). The Hall–Kier alpha value is -1.40. The highest BCUT2D eigenvalue weighted by Crippen LogP contribution is 2.29. The van der Waals surface area contributed by atoms with Crippen molar-refractivity contribution in [1.82, 2.24) is 15.1 Å². The van der Waals surface area contributed by atoms with Crippen LogP contribution in [0.3, 0.4) is 0 Å². The van der Waals surface area contributed by atoms with E-state index in [2.05, 4.69) is 41.6 Å². The maximum atomic E-state index is 12.8. The fraction of sp³-hybridized carbons (Fsp3) is 0.714. The van der Waals surface area contributed by atoms with Gasteiger partial charge in [-0.3, -0.25) is 14.5 Å². The maximum absolute atomic E-state index is 12.8. The molecule has 0 spiro atoms. The van der Waals surface area contributed by atoms with Crippen molar-refractivity contribution in [2.45, 2.75) is 64.5 Å². The van der Waals surface area contributed by atoms with E-state index in [4.69, 9.17) is 0 Å². The van der Waals surface area contributed by atoms with Gasteiger partial charge in [-0.15, -0.1) is 11.3 Å². The van der Waals surface area contributed by atoms with Gasteiger partial charge in [0.2, 0.25) is 11.8 Å². The van der Waals surface area contributed by atoms with Gasteiger partial charge in [0.25, 0.3) is 0 Å². The van der Waals surface area contributed by atoms with Crippen molar-refractivity contribution in [3.8, 4) is 0 Å². The molecule has 0 bridgehead atoms. The lowest BCUT2D eigenvalue weighted by atomic mass is 9.94. The van der Waals surface area contributed by atoms with Crippen molar-refractivity contribution >= 4 is 23.2 Å². The summed E-state index contributed by atoms with van der Waals surface area (Å²) in [4.78, 5) is 30.9. The van der Waals surface area contributed by atoms with Crippen molar-refractivity contribution in [2.75, 3.05) is 26.2 Å². The van der Waals surface area contributed by atoms with Crippen LogP contribution in [0.4, 0.5) is 0 Å². The van der Waals surface area contributed by atoms with Crippen molar-refractivity contribution in [1.29, 1.82) is 0 Å². The van der Waals surface area contributed by atoms with E-state index in [0.29, 0.717) is 25.6 Å². The van der Waals surface area contributed by atoms with Crippen LogP contribution in [0.5, 0.6) is 0 Å². The molecule has 1 aliphatic heterocycles. The number of carbonyl (C=O) groups is 2. The van der Waals surface area contributed by atoms with Crippen LogP contribution in [-0.4, -0.2) is 53.8 Å². The van der Waals surface area contributed by atoms with Gasteiger partial charge >= 0.3 is 0 Å². The topological polar surface area (TPSA) is 52.7 Å². The van der Waals surface area contributed by atoms with Gasteiger partial charge in [0.05, 0.1) is 12.0 Å². The van der Waals surface area contributed by atoms with Gasteiger partial charge in [-0.05, 0) is 37.4 Å². The molecule has 6 heteroatoms. The van der Waals surface area contributed by atoms with Crippen LogP contribution < -0.4 is 5.32 Å². The summed E-state index contributed by atoms with van der Waals surface area (Å²) >= 11 is 1.74. The molecule has 1 aromatic rings. The largest absolute Gasteiger partial charge is 0.354 e. The van der Waals surface area contributed by atoms with Crippen LogP contribution in [0, 0.1) is 5.92 Å². The number of likely N-dealkylation sites (N-methyl/N-ethyl adjacent to an activating group) is 1. The summed E-state index contributed by atoms with van der Waals surface area (Å²) in [5.74, 6) is 0.0103. The first kappa shape index (κ1) is 20.3. The number of carbonyl (C=O) groups excluding carboxylic acids is 2. The van der Waals surface area contributed by atoms with Gasteiger partial charge in [-0.2, -0.15) is 0 Å². The number of amides is 2. The molecule has 2 heterocycles. The monoisotopic (exact) mass is 391 g/mol. The summed E-state index contributed by atoms with van der Waals surface area (Å²) < 4.78 is 0. The van der Waals surface area contributed by atoms with Crippen LogP contribution in [0.2, 0.25) is 0 Å². The average Bonchev–Trinajstić information content (AvgIpc) is 3.35. The van der Waals surface area contributed by atoms with Crippen LogP contribution in [-0.2, 0) is 9.59 Å². The molecule has 1 aromatic heterocycles. The second-order valence-electron chi connectivity index (χ2n) is 7.74. The summed E-state index contributed by atoms with van der Waals surface area (Å²) in [7, 11) is 0. The molecule has 2 fully saturated rings. The lowest BCUT2D eigenvalue weighted by Gasteiger charge is -2.31. The molecule has 2 amide bonds. The van der Waals surface area contributed by atoms with Crippen LogP contribution >= 0.6 is 11.3 Å². The van der Waals surface area contributed by atoms with E-state index in [1.54, 1.807) is 11.3 Å². The summed E-state index contributed by atoms with van der Waals surface area (Å²) in [5.41, 5.74) is 0. The second kappa shape index (κ2) is 9.69. The van der Waals surface area contributed by atoms with E-state index in [-0.39, 0.29) is 23.8 Å². The second-order valence-corrected chi connectivity index (χ2v) is 8.72. The quantitative estimate of drug-likeness (QED) is 0.739. The molecular weight excluding hydrogens is 358 g/mol. The molecule has 5 nitrogen and oxygen atoms in total. The number of nitrogens with one attached hydrogen (secondary N) is 1. The predicted octanol–water partition coefficient (Wildman–Crippen LogP) is 3.43. The van der Waals surface area contributed by atoms with Crippen molar-refractivity contribution in [3.63, 3.8) is 0 Å². The van der Waals surface area contributed by atoms with Gasteiger partial charge in [-0.25, -0.2) is 0 Å². The Bertz CT molecular complexity index is 609. The van der Waals surface area contributed by atoms with E-state index < -0.39 is 0 Å². The first-order valence-electron chi connectivity index (χ1n) is 10.5. The summed E-state index contributed by atoms with van der Waals surface area (Å²) in [6.45, 7) is 7.42. The maximum Gasteiger partial charge on any atom is 0.225 e. The molecule has 2 unspecified atom stereocenters. The van der Waals surface area contributed by atoms with E-state index in [0.717, 1.165) is 25.9 Å². The Morgan fingerprint density at radius 1 is 1.30 bits per heavy atom. The Balaban J connectivity index is 1.57. The normalized spacial score (nSPS) is 22.4. The molecule has 1 N–H and O–H groups in total. The molecule has 1 aliphatic carbocycles. The number of nitrogens with zero attached hydrogens (tertiary/aromatic N) is 2. The standard InChI is InChI=1S/C21H33N3O2S/c1-3-23(4-2)18(19-11-8-12-27-19)14-22-21(26)16-13-20(25)24(15-16)17-9-6-5-7-10-17/h8,11-12,16-18H,3-7,9-10,13-15H2,1-2H3,(H,22,26). The number of likely N-dealkylation sites (tertiary alicyclic amines) is 1. The smallest absolute Gasteiger partial charge is 0.225 e. The fourth-order valence-electron chi connectivity index (χ4n) is 4.55. The molecule has 2 aliphatic rings. The minimum atomic E-state index is -0.194. The molecule has 150 valence electrons. The Labute approximate surface area is 167 Å². The van der Waals surface area contributed by atoms with Crippen LogP contribution in [0.1, 0.15) is 63.3 Å². The number of rotatable bonds is 8. The number of hydrogen-bond donors (Lipinski definition) is 1. The average molecular weight is 392 g/mol. The number of hydrogen-bond acceptors (Lipinski definition) is 4. The highest BCUT2D eigenvalue weighted by Gasteiger charge is 2.38. The Kier molecular flexibility index (Phi) is 7.30. The molecule has 1 saturated heterocycles. The zero-order valence-corrected chi connectivity index (χ0v) is 17.5. The predicted molar refractivity (Wildman–Crippen MR) is 110 cm³/mol. The summed E-state index contributed by atoms with van der Waals surface area (Å²) in [6.07, 6.45) is 6.26. The van der Waals surface area contributed by atoms with Gasteiger partial charge in [0.1, 0.15) is 0 Å². The third kappa shape index (κ3) is 4.91. The lowest BCUT2D eigenvalue weighted by molar-refractivity contribution is -0.130. The first-order valence-corrected chi connectivity index (χ1v) is 11.4. The minimum absolute atomic E-state index is 0.0374. The number of thiophene rings is 1. The SMILES string of the molecule is CCN(CC)C(CNC(=O)C1CC(=O)N(C2CCCCC2)C1)c1cccs1. The van der Waals surface area contributed by atoms with Crippen molar-refractivity contribution < 1.29 is 9.59 Å². The molecule has 1 saturated carbocycles. The van der Waals surface area contributed by atoms with Gasteiger partial charge in [-0.1, -0.05) is 39.2 Å². The van der Waals surface area contributed by atoms with Gasteiger partial charge in [0.15, 0.2) is 0 Å². The van der Waals surface area contributed by atoms with Gasteiger partial charge in [0, 0.05) is 30.4 Å². The zero-order chi connectivity index (χ0) is 19.2. The third-order valence-electron chi connectivity index (χ3n) is 6.14. The van der Waals surface area contributed by atoms with E-state index in [9.17, 15) is 9.59 Å². The van der Waals surface area contributed by atoms with Crippen LogP contribution in [0.15, 0.2) is 17.5 Å². The van der Waals surface area contributed by atoms with E-state index in [1.807, 2.05) is 4.90 Å². The van der Waals surface area contributed by atoms with Crippen molar-refractivity contribution in [3.05, 3.63) is 22.4 Å².